The topological polar surface area (TPSA) is 87.5 Å². The summed E-state index contributed by atoms with van der Waals surface area (Å²) in [6.45, 7) is 1.43. The number of hydrogen-bond acceptors (Lipinski definition) is 5. The van der Waals surface area contributed by atoms with E-state index in [9.17, 15) is 14.9 Å². The van der Waals surface area contributed by atoms with E-state index in [0.29, 0.717) is 24.5 Å². The molecule has 96 valence electrons. The number of carbonyl (C=O) groups excluding carboxylic acids is 1. The molecule has 0 radical (unpaired) electrons. The van der Waals surface area contributed by atoms with E-state index in [1.807, 2.05) is 4.90 Å². The van der Waals surface area contributed by atoms with Gasteiger partial charge in [-0.1, -0.05) is 0 Å². The average Bonchev–Trinajstić information content (AvgIpc) is 2.38. The number of nitro groups is 1. The summed E-state index contributed by atoms with van der Waals surface area (Å²) in [4.78, 5) is 23.6. The molecule has 1 aromatic carbocycles. The van der Waals surface area contributed by atoms with Crippen molar-refractivity contribution in [2.45, 2.75) is 0 Å². The zero-order valence-corrected chi connectivity index (χ0v) is 9.97. The molecule has 0 aromatic heterocycles. The second-order valence-corrected chi connectivity index (χ2v) is 4.02. The Kier molecular flexibility index (Phi) is 3.31. The van der Waals surface area contributed by atoms with Gasteiger partial charge in [-0.15, -0.1) is 0 Å². The second-order valence-electron chi connectivity index (χ2n) is 4.02. The van der Waals surface area contributed by atoms with Gasteiger partial charge in [-0.05, 0) is 6.07 Å². The zero-order valence-electron chi connectivity index (χ0n) is 9.97. The Morgan fingerprint density at radius 3 is 2.83 bits per heavy atom. The number of amides is 1. The number of rotatable bonds is 3. The molecular formula is C11H14N4O3. The monoisotopic (exact) mass is 250 g/mol. The van der Waals surface area contributed by atoms with Crippen LogP contribution in [0.15, 0.2) is 18.2 Å². The molecule has 18 heavy (non-hydrogen) atoms. The molecule has 1 fully saturated rings. The summed E-state index contributed by atoms with van der Waals surface area (Å²) in [7, 11) is 1.70. The van der Waals surface area contributed by atoms with E-state index in [0.717, 1.165) is 0 Å². The maximum atomic E-state index is 11.3. The van der Waals surface area contributed by atoms with Gasteiger partial charge in [0, 0.05) is 43.6 Å². The third kappa shape index (κ3) is 2.50. The van der Waals surface area contributed by atoms with E-state index in [2.05, 4.69) is 10.6 Å². The van der Waals surface area contributed by atoms with Crippen molar-refractivity contribution >= 4 is 23.0 Å². The maximum Gasteiger partial charge on any atom is 0.273 e. The van der Waals surface area contributed by atoms with Crippen LogP contribution in [0.1, 0.15) is 0 Å². The van der Waals surface area contributed by atoms with Crippen molar-refractivity contribution in [1.29, 1.82) is 0 Å². The van der Waals surface area contributed by atoms with Gasteiger partial charge in [-0.2, -0.15) is 0 Å². The van der Waals surface area contributed by atoms with E-state index in [4.69, 9.17) is 0 Å². The molecule has 1 aliphatic rings. The Labute approximate surface area is 104 Å². The van der Waals surface area contributed by atoms with Crippen LogP contribution < -0.4 is 15.5 Å². The number of piperazine rings is 1. The quantitative estimate of drug-likeness (QED) is 0.605. The first-order valence-corrected chi connectivity index (χ1v) is 5.59. The van der Waals surface area contributed by atoms with Gasteiger partial charge < -0.3 is 15.5 Å². The first kappa shape index (κ1) is 12.2. The number of nitrogens with one attached hydrogen (secondary N) is 2. The number of hydrogen-bond donors (Lipinski definition) is 2. The van der Waals surface area contributed by atoms with Crippen LogP contribution in [0.5, 0.6) is 0 Å². The minimum absolute atomic E-state index is 0.0165. The molecule has 2 rings (SSSR count). The van der Waals surface area contributed by atoms with E-state index in [1.165, 1.54) is 12.1 Å². The zero-order chi connectivity index (χ0) is 13.1. The maximum absolute atomic E-state index is 11.3. The summed E-state index contributed by atoms with van der Waals surface area (Å²) in [5.74, 6) is -0.0706. The predicted molar refractivity (Wildman–Crippen MR) is 67.9 cm³/mol. The van der Waals surface area contributed by atoms with Gasteiger partial charge in [0.1, 0.15) is 0 Å². The van der Waals surface area contributed by atoms with Crippen LogP contribution in [0.4, 0.5) is 17.1 Å². The lowest BCUT2D eigenvalue weighted by molar-refractivity contribution is -0.384. The molecule has 1 saturated heterocycles. The molecule has 2 N–H and O–H groups in total. The molecule has 1 aromatic rings. The Hall–Kier alpha value is -2.31. The summed E-state index contributed by atoms with van der Waals surface area (Å²) in [5, 5.41) is 16.4. The molecule has 0 atom stereocenters. The van der Waals surface area contributed by atoms with Gasteiger partial charge in [0.2, 0.25) is 5.91 Å². The van der Waals surface area contributed by atoms with Crippen molar-refractivity contribution in [3.8, 4) is 0 Å². The molecular weight excluding hydrogens is 236 g/mol. The SMILES string of the molecule is CNc1cc(N2CCNC(=O)C2)cc([N+](=O)[O-])c1. The van der Waals surface area contributed by atoms with Crippen molar-refractivity contribution in [2.75, 3.05) is 36.9 Å². The molecule has 1 aliphatic heterocycles. The van der Waals surface area contributed by atoms with Crippen molar-refractivity contribution in [3.63, 3.8) is 0 Å². The fraction of sp³-hybridized carbons (Fsp3) is 0.364. The third-order valence-electron chi connectivity index (χ3n) is 2.81. The van der Waals surface area contributed by atoms with Crippen LogP contribution in [0.25, 0.3) is 0 Å². The lowest BCUT2D eigenvalue weighted by atomic mass is 10.2. The lowest BCUT2D eigenvalue weighted by Crippen LogP contribution is -2.47. The number of benzene rings is 1. The number of carbonyl (C=O) groups is 1. The number of nitrogens with zero attached hydrogens (tertiary/aromatic N) is 2. The van der Waals surface area contributed by atoms with Gasteiger partial charge in [-0.25, -0.2) is 0 Å². The van der Waals surface area contributed by atoms with Crippen molar-refractivity contribution in [1.82, 2.24) is 5.32 Å². The molecule has 7 heteroatoms. The Morgan fingerprint density at radius 1 is 1.44 bits per heavy atom. The summed E-state index contributed by atoms with van der Waals surface area (Å²) < 4.78 is 0. The summed E-state index contributed by atoms with van der Waals surface area (Å²) in [6.07, 6.45) is 0. The summed E-state index contributed by atoms with van der Waals surface area (Å²) >= 11 is 0. The Bertz CT molecular complexity index is 489. The van der Waals surface area contributed by atoms with Crippen LogP contribution >= 0.6 is 0 Å². The number of anilines is 2. The fourth-order valence-electron chi connectivity index (χ4n) is 1.89. The highest BCUT2D eigenvalue weighted by molar-refractivity contribution is 5.83. The van der Waals surface area contributed by atoms with Gasteiger partial charge in [0.25, 0.3) is 5.69 Å². The average molecular weight is 250 g/mol. The smallest absolute Gasteiger partial charge is 0.273 e. The molecule has 0 bridgehead atoms. The molecule has 1 heterocycles. The van der Waals surface area contributed by atoms with Crippen LogP contribution in [-0.4, -0.2) is 37.5 Å². The van der Waals surface area contributed by atoms with Gasteiger partial charge in [0.15, 0.2) is 0 Å². The van der Waals surface area contributed by atoms with E-state index < -0.39 is 4.92 Å². The molecule has 0 aliphatic carbocycles. The largest absolute Gasteiger partial charge is 0.388 e. The number of nitro benzene ring substituents is 1. The van der Waals surface area contributed by atoms with E-state index >= 15 is 0 Å². The normalized spacial score (nSPS) is 15.2. The van der Waals surface area contributed by atoms with Crippen LogP contribution in [0.2, 0.25) is 0 Å². The summed E-state index contributed by atoms with van der Waals surface area (Å²) in [5.41, 5.74) is 1.36. The van der Waals surface area contributed by atoms with Crippen molar-refractivity contribution in [2.24, 2.45) is 0 Å². The van der Waals surface area contributed by atoms with Gasteiger partial charge in [-0.3, -0.25) is 14.9 Å². The second kappa shape index (κ2) is 4.91. The highest BCUT2D eigenvalue weighted by atomic mass is 16.6. The highest BCUT2D eigenvalue weighted by Gasteiger charge is 2.19. The lowest BCUT2D eigenvalue weighted by Gasteiger charge is -2.28. The first-order chi connectivity index (χ1) is 8.60. The predicted octanol–water partition coefficient (Wildman–Crippen LogP) is 0.573. The van der Waals surface area contributed by atoms with E-state index in [1.54, 1.807) is 13.1 Å². The molecule has 7 nitrogen and oxygen atoms in total. The van der Waals surface area contributed by atoms with Gasteiger partial charge in [0.05, 0.1) is 11.5 Å². The van der Waals surface area contributed by atoms with E-state index in [-0.39, 0.29) is 18.1 Å². The highest BCUT2D eigenvalue weighted by Crippen LogP contribution is 2.27. The minimum Gasteiger partial charge on any atom is -0.388 e. The standard InChI is InChI=1S/C11H14N4O3/c1-12-8-4-9(6-10(5-8)15(17)18)14-3-2-13-11(16)7-14/h4-6,12H,2-3,7H2,1H3,(H,13,16). The van der Waals surface area contributed by atoms with Crippen LogP contribution in [-0.2, 0) is 4.79 Å². The van der Waals surface area contributed by atoms with Crippen LogP contribution in [0, 0.1) is 10.1 Å². The Morgan fingerprint density at radius 2 is 2.22 bits per heavy atom. The van der Waals surface area contributed by atoms with Crippen LogP contribution in [0.3, 0.4) is 0 Å². The van der Waals surface area contributed by atoms with Crippen molar-refractivity contribution in [3.05, 3.63) is 28.3 Å². The third-order valence-corrected chi connectivity index (χ3v) is 2.81. The molecule has 0 saturated carbocycles. The molecule has 0 unspecified atom stereocenters. The van der Waals surface area contributed by atoms with Gasteiger partial charge >= 0.3 is 0 Å². The Balaban J connectivity index is 2.33. The summed E-state index contributed by atoms with van der Waals surface area (Å²) in [6, 6.07) is 4.75. The molecule has 1 amide bonds. The first-order valence-electron chi connectivity index (χ1n) is 5.59. The minimum atomic E-state index is -0.436. The number of non-ortho nitro benzene ring substituents is 1. The molecule has 0 spiro atoms. The fourth-order valence-corrected chi connectivity index (χ4v) is 1.89. The van der Waals surface area contributed by atoms with Crippen molar-refractivity contribution < 1.29 is 9.72 Å².